The van der Waals surface area contributed by atoms with Gasteiger partial charge in [-0.3, -0.25) is 9.59 Å². The number of rotatable bonds is 41. The Morgan fingerprint density at radius 3 is 1.18 bits per heavy atom. The van der Waals surface area contributed by atoms with Crippen molar-refractivity contribution in [2.75, 3.05) is 19.8 Å². The quantitative estimate of drug-likeness (QED) is 0.0349. The van der Waals surface area contributed by atoms with E-state index in [9.17, 15) is 9.59 Å². The predicted molar refractivity (Wildman–Crippen MR) is 260 cm³/mol. The van der Waals surface area contributed by atoms with Crippen molar-refractivity contribution in [1.82, 2.24) is 0 Å². The molecule has 0 fully saturated rings. The van der Waals surface area contributed by atoms with E-state index in [1.54, 1.807) is 0 Å². The van der Waals surface area contributed by atoms with Gasteiger partial charge in [0.2, 0.25) is 0 Å². The van der Waals surface area contributed by atoms with Crippen LogP contribution in [0.25, 0.3) is 0 Å². The molecule has 1 unspecified atom stereocenters. The largest absolute Gasteiger partial charge is 0.462 e. The summed E-state index contributed by atoms with van der Waals surface area (Å²) in [5, 5.41) is 0. The average Bonchev–Trinajstić information content (AvgIpc) is 3.25. The molecule has 0 aliphatic heterocycles. The SMILES string of the molecule is CC/C=C\C/C=C\C/C=C\C/C=C\CCCCCCCOCC(COC(=O)CC/C=C\C/C=C\C/C=C\C/C=C\CC)OC(=O)CCCCC/C=C\C/C=C\C/C=C\CC. The number of carbonyl (C=O) groups is 2. The highest BCUT2D eigenvalue weighted by atomic mass is 16.6. The first-order valence-corrected chi connectivity index (χ1v) is 23.7. The van der Waals surface area contributed by atoms with Gasteiger partial charge in [-0.1, -0.05) is 180 Å². The zero-order chi connectivity index (χ0) is 43.5. The number of hydrogen-bond donors (Lipinski definition) is 0. The summed E-state index contributed by atoms with van der Waals surface area (Å²) in [6.07, 6.45) is 70.4. The minimum atomic E-state index is -0.599. The van der Waals surface area contributed by atoms with Crippen LogP contribution < -0.4 is 0 Å². The van der Waals surface area contributed by atoms with Crippen molar-refractivity contribution in [3.05, 3.63) is 134 Å². The zero-order valence-electron chi connectivity index (χ0n) is 38.4. The molecule has 0 rings (SSSR count). The Labute approximate surface area is 369 Å². The molecule has 0 aliphatic rings. The number of esters is 2. The Kier molecular flexibility index (Phi) is 46.1. The van der Waals surface area contributed by atoms with Gasteiger partial charge in [0.05, 0.1) is 6.61 Å². The second-order valence-corrected chi connectivity index (χ2v) is 14.9. The molecular weight excluding hydrogens is 741 g/mol. The predicted octanol–water partition coefficient (Wildman–Crippen LogP) is 16.0. The van der Waals surface area contributed by atoms with Crippen LogP contribution in [0.15, 0.2) is 134 Å². The van der Waals surface area contributed by atoms with Crippen molar-refractivity contribution in [3.63, 3.8) is 0 Å². The van der Waals surface area contributed by atoms with E-state index in [0.29, 0.717) is 25.9 Å². The molecule has 0 heterocycles. The van der Waals surface area contributed by atoms with Crippen LogP contribution in [0.4, 0.5) is 0 Å². The van der Waals surface area contributed by atoms with Gasteiger partial charge in [0.15, 0.2) is 6.10 Å². The Morgan fingerprint density at radius 1 is 0.367 bits per heavy atom. The minimum Gasteiger partial charge on any atom is -0.462 e. The fourth-order valence-corrected chi connectivity index (χ4v) is 5.76. The maximum Gasteiger partial charge on any atom is 0.306 e. The van der Waals surface area contributed by atoms with Gasteiger partial charge in [0.25, 0.3) is 0 Å². The van der Waals surface area contributed by atoms with Gasteiger partial charge in [-0.15, -0.1) is 0 Å². The number of unbranched alkanes of at least 4 members (excludes halogenated alkanes) is 8. The highest BCUT2D eigenvalue weighted by Gasteiger charge is 2.17. The maximum absolute atomic E-state index is 12.7. The van der Waals surface area contributed by atoms with E-state index in [1.165, 1.54) is 19.3 Å². The summed E-state index contributed by atoms with van der Waals surface area (Å²) in [5.74, 6) is -0.550. The van der Waals surface area contributed by atoms with Crippen molar-refractivity contribution >= 4 is 11.9 Å². The molecule has 0 spiro atoms. The van der Waals surface area contributed by atoms with Crippen molar-refractivity contribution < 1.29 is 23.8 Å². The lowest BCUT2D eigenvalue weighted by Crippen LogP contribution is -2.30. The second kappa shape index (κ2) is 49.4. The van der Waals surface area contributed by atoms with Crippen molar-refractivity contribution in [2.45, 2.75) is 181 Å². The lowest BCUT2D eigenvalue weighted by Gasteiger charge is -2.18. The van der Waals surface area contributed by atoms with E-state index < -0.39 is 6.10 Å². The summed E-state index contributed by atoms with van der Waals surface area (Å²) in [7, 11) is 0. The van der Waals surface area contributed by atoms with Crippen LogP contribution in [0.3, 0.4) is 0 Å². The van der Waals surface area contributed by atoms with Gasteiger partial charge in [0.1, 0.15) is 6.61 Å². The molecule has 0 aliphatic carbocycles. The minimum absolute atomic E-state index is 0.0181. The normalized spacial score (nSPS) is 13.4. The average molecular weight is 827 g/mol. The van der Waals surface area contributed by atoms with Gasteiger partial charge in [0, 0.05) is 19.4 Å². The molecule has 336 valence electrons. The first kappa shape index (κ1) is 56.0. The number of hydrogen-bond acceptors (Lipinski definition) is 5. The molecule has 0 aromatic carbocycles. The molecular formula is C55H86O5. The van der Waals surface area contributed by atoms with Crippen LogP contribution in [-0.4, -0.2) is 37.9 Å². The topological polar surface area (TPSA) is 61.8 Å². The second-order valence-electron chi connectivity index (χ2n) is 14.9. The van der Waals surface area contributed by atoms with Gasteiger partial charge in [-0.2, -0.15) is 0 Å². The van der Waals surface area contributed by atoms with Gasteiger partial charge >= 0.3 is 11.9 Å². The van der Waals surface area contributed by atoms with E-state index in [4.69, 9.17) is 14.2 Å². The lowest BCUT2D eigenvalue weighted by atomic mass is 10.1. The highest BCUT2D eigenvalue weighted by molar-refractivity contribution is 5.70. The monoisotopic (exact) mass is 827 g/mol. The summed E-state index contributed by atoms with van der Waals surface area (Å²) >= 11 is 0. The lowest BCUT2D eigenvalue weighted by molar-refractivity contribution is -0.162. The molecule has 0 amide bonds. The van der Waals surface area contributed by atoms with Gasteiger partial charge in [-0.25, -0.2) is 0 Å². The Morgan fingerprint density at radius 2 is 0.733 bits per heavy atom. The molecule has 0 bridgehead atoms. The number of carbonyl (C=O) groups excluding carboxylic acids is 2. The molecule has 1 atom stereocenters. The first-order valence-electron chi connectivity index (χ1n) is 23.7. The number of ether oxygens (including phenoxy) is 3. The van der Waals surface area contributed by atoms with Crippen molar-refractivity contribution in [3.8, 4) is 0 Å². The third-order valence-electron chi connectivity index (χ3n) is 9.18. The van der Waals surface area contributed by atoms with Crippen LogP contribution in [0.1, 0.15) is 175 Å². The van der Waals surface area contributed by atoms with E-state index in [1.807, 2.05) is 6.08 Å². The standard InChI is InChI=1S/C55H86O5/c1-4-7-10-13-16-19-22-25-26-27-28-29-32-35-38-41-44-47-50-58-51-53(60-55(57)49-46-43-40-37-34-31-24-21-18-15-12-9-6-3)52-59-54(56)48-45-42-39-36-33-30-23-20-17-14-11-8-5-2/h7-12,16-21,25-26,28-31,33-34,39,42,53H,4-6,13-15,22-24,27,32,35-38,40-41,43-52H2,1-3H3/b10-7-,11-8-,12-9-,19-16-,20-17-,21-18-,26-25-,29-28-,33-30-,34-31-,42-39-. The fraction of sp³-hybridized carbons (Fsp3) is 0.564. The third-order valence-corrected chi connectivity index (χ3v) is 9.18. The van der Waals surface area contributed by atoms with E-state index >= 15 is 0 Å². The summed E-state index contributed by atoms with van der Waals surface area (Å²) in [5.41, 5.74) is 0. The molecule has 0 saturated heterocycles. The van der Waals surface area contributed by atoms with Crippen LogP contribution in [0.2, 0.25) is 0 Å². The Balaban J connectivity index is 4.46. The molecule has 0 aromatic heterocycles. The summed E-state index contributed by atoms with van der Waals surface area (Å²) in [6.45, 7) is 7.30. The van der Waals surface area contributed by atoms with Gasteiger partial charge < -0.3 is 14.2 Å². The first-order chi connectivity index (χ1) is 29.6. The summed E-state index contributed by atoms with van der Waals surface area (Å²) in [6, 6.07) is 0. The zero-order valence-corrected chi connectivity index (χ0v) is 38.4. The third kappa shape index (κ3) is 46.7. The van der Waals surface area contributed by atoms with E-state index in [0.717, 1.165) is 116 Å². The molecule has 0 aromatic rings. The highest BCUT2D eigenvalue weighted by Crippen LogP contribution is 2.10. The van der Waals surface area contributed by atoms with E-state index in [2.05, 4.69) is 148 Å². The smallest absolute Gasteiger partial charge is 0.306 e. The maximum atomic E-state index is 12.7. The van der Waals surface area contributed by atoms with Crippen LogP contribution >= 0.6 is 0 Å². The van der Waals surface area contributed by atoms with E-state index in [-0.39, 0.29) is 25.2 Å². The van der Waals surface area contributed by atoms with Gasteiger partial charge in [-0.05, 0) is 116 Å². The summed E-state index contributed by atoms with van der Waals surface area (Å²) in [4.78, 5) is 25.3. The Bertz CT molecular complexity index is 1300. The molecule has 5 nitrogen and oxygen atoms in total. The molecule has 0 saturated carbocycles. The van der Waals surface area contributed by atoms with Crippen LogP contribution in [0, 0.1) is 0 Å². The van der Waals surface area contributed by atoms with Crippen LogP contribution in [0.5, 0.6) is 0 Å². The summed E-state index contributed by atoms with van der Waals surface area (Å²) < 4.78 is 17.2. The number of allylic oxidation sites excluding steroid dienone is 22. The van der Waals surface area contributed by atoms with Crippen molar-refractivity contribution in [1.29, 1.82) is 0 Å². The van der Waals surface area contributed by atoms with Crippen molar-refractivity contribution in [2.24, 2.45) is 0 Å². The molecule has 0 radical (unpaired) electrons. The fourth-order valence-electron chi connectivity index (χ4n) is 5.76. The molecule has 5 heteroatoms. The Hall–Kier alpha value is -3.96. The molecule has 60 heavy (non-hydrogen) atoms. The van der Waals surface area contributed by atoms with Crippen LogP contribution in [-0.2, 0) is 23.8 Å². The molecule has 0 N–H and O–H groups in total.